The molecule has 1 N–H and O–H groups in total. The quantitative estimate of drug-likeness (QED) is 0.428. The van der Waals surface area contributed by atoms with Crippen molar-refractivity contribution in [2.45, 2.75) is 37.7 Å². The van der Waals surface area contributed by atoms with Gasteiger partial charge in [0.25, 0.3) is 17.3 Å². The van der Waals surface area contributed by atoms with Gasteiger partial charge >= 0.3 is 5.97 Å². The number of nitrogens with zero attached hydrogens (tertiary/aromatic N) is 2. The zero-order valence-electron chi connectivity index (χ0n) is 15.9. The van der Waals surface area contributed by atoms with Crippen LogP contribution in [-0.4, -0.2) is 27.3 Å². The van der Waals surface area contributed by atoms with Gasteiger partial charge in [-0.3, -0.25) is 25.0 Å². The van der Waals surface area contributed by atoms with Gasteiger partial charge in [-0.25, -0.2) is 4.79 Å². The fourth-order valence-electron chi connectivity index (χ4n) is 3.45. The van der Waals surface area contributed by atoms with Crippen molar-refractivity contribution in [3.05, 3.63) is 74.3 Å². The number of nitro groups is 2. The number of carbonyl (C=O) groups is 2. The van der Waals surface area contributed by atoms with E-state index in [-0.39, 0.29) is 24.1 Å². The molecular weight excluding hydrogens is 394 g/mol. The summed E-state index contributed by atoms with van der Waals surface area (Å²) in [5.74, 6) is -1.51. The minimum Gasteiger partial charge on any atom is -0.445 e. The van der Waals surface area contributed by atoms with Crippen LogP contribution in [0.4, 0.5) is 17.1 Å². The normalized spacial score (nSPS) is 15.1. The van der Waals surface area contributed by atoms with E-state index in [9.17, 15) is 29.8 Å². The molecule has 1 fully saturated rings. The van der Waals surface area contributed by atoms with Gasteiger partial charge in [0.2, 0.25) is 0 Å². The molecule has 1 saturated carbocycles. The van der Waals surface area contributed by atoms with E-state index in [1.807, 2.05) is 0 Å². The Bertz CT molecular complexity index is 982. The molecule has 3 rings (SSSR count). The van der Waals surface area contributed by atoms with Gasteiger partial charge in [-0.05, 0) is 43.9 Å². The number of para-hydroxylation sites is 1. The van der Waals surface area contributed by atoms with Crippen LogP contribution < -0.4 is 5.32 Å². The van der Waals surface area contributed by atoms with Gasteiger partial charge in [0.1, 0.15) is 5.56 Å². The first kappa shape index (κ1) is 20.9. The summed E-state index contributed by atoms with van der Waals surface area (Å²) in [4.78, 5) is 46.5. The van der Waals surface area contributed by atoms with Gasteiger partial charge in [-0.2, -0.15) is 0 Å². The molecule has 0 atom stereocenters. The van der Waals surface area contributed by atoms with E-state index >= 15 is 0 Å². The number of non-ortho nitro benzene ring substituents is 1. The van der Waals surface area contributed by atoms with Crippen LogP contribution in [0.2, 0.25) is 0 Å². The first-order valence-corrected chi connectivity index (χ1v) is 9.35. The number of hydrogen-bond donors (Lipinski definition) is 1. The highest BCUT2D eigenvalue weighted by Gasteiger charge is 2.44. The Balaban J connectivity index is 1.83. The van der Waals surface area contributed by atoms with Crippen LogP contribution in [0, 0.1) is 20.2 Å². The highest BCUT2D eigenvalue weighted by molar-refractivity contribution is 6.01. The number of benzene rings is 2. The van der Waals surface area contributed by atoms with Crippen molar-refractivity contribution >= 4 is 28.9 Å². The van der Waals surface area contributed by atoms with E-state index in [1.165, 1.54) is 48.5 Å². The molecule has 30 heavy (non-hydrogen) atoms. The molecule has 0 saturated heterocycles. The molecule has 0 aliphatic heterocycles. The number of nitro benzene ring substituents is 2. The molecule has 0 radical (unpaired) electrons. The topological polar surface area (TPSA) is 142 Å². The molecule has 1 amide bonds. The lowest BCUT2D eigenvalue weighted by Crippen LogP contribution is -2.48. The molecule has 0 aromatic heterocycles. The summed E-state index contributed by atoms with van der Waals surface area (Å²) in [5, 5.41) is 24.6. The average molecular weight is 413 g/mol. The Hall–Kier alpha value is -3.82. The molecule has 1 aliphatic rings. The van der Waals surface area contributed by atoms with E-state index in [2.05, 4.69) is 5.32 Å². The van der Waals surface area contributed by atoms with Gasteiger partial charge in [0.05, 0.1) is 9.85 Å². The number of amides is 1. The van der Waals surface area contributed by atoms with Crippen LogP contribution in [0.3, 0.4) is 0 Å². The number of hydrogen-bond acceptors (Lipinski definition) is 7. The van der Waals surface area contributed by atoms with Crippen molar-refractivity contribution in [1.29, 1.82) is 0 Å². The largest absolute Gasteiger partial charge is 0.445 e. The lowest BCUT2D eigenvalue weighted by atomic mass is 9.83. The summed E-state index contributed by atoms with van der Waals surface area (Å²) in [6.07, 6.45) is 2.72. The predicted octanol–water partition coefficient (Wildman–Crippen LogP) is 4.00. The second-order valence-electron chi connectivity index (χ2n) is 6.98. The number of anilines is 1. The minimum absolute atomic E-state index is 0.122. The molecule has 156 valence electrons. The van der Waals surface area contributed by atoms with Crippen LogP contribution in [0.1, 0.15) is 42.5 Å². The highest BCUT2D eigenvalue weighted by atomic mass is 16.6. The molecule has 0 heterocycles. The van der Waals surface area contributed by atoms with E-state index in [0.717, 1.165) is 6.42 Å². The van der Waals surface area contributed by atoms with Gasteiger partial charge in [-0.1, -0.05) is 18.6 Å². The van der Waals surface area contributed by atoms with E-state index in [1.54, 1.807) is 0 Å². The monoisotopic (exact) mass is 413 g/mol. The van der Waals surface area contributed by atoms with E-state index in [0.29, 0.717) is 18.5 Å². The zero-order valence-corrected chi connectivity index (χ0v) is 15.9. The van der Waals surface area contributed by atoms with Crippen molar-refractivity contribution in [2.24, 2.45) is 0 Å². The van der Waals surface area contributed by atoms with Crippen LogP contribution in [-0.2, 0) is 9.53 Å². The Morgan fingerprint density at radius 2 is 1.53 bits per heavy atom. The smallest absolute Gasteiger partial charge is 0.346 e. The Morgan fingerprint density at radius 3 is 2.13 bits per heavy atom. The number of rotatable bonds is 6. The second-order valence-corrected chi connectivity index (χ2v) is 6.98. The number of ether oxygens (including phenoxy) is 1. The van der Waals surface area contributed by atoms with Crippen LogP contribution in [0.15, 0.2) is 48.5 Å². The first-order chi connectivity index (χ1) is 14.3. The molecule has 2 aromatic rings. The maximum atomic E-state index is 13.0. The Morgan fingerprint density at radius 1 is 0.900 bits per heavy atom. The van der Waals surface area contributed by atoms with Crippen molar-refractivity contribution in [2.75, 3.05) is 5.32 Å². The lowest BCUT2D eigenvalue weighted by molar-refractivity contribution is -0.385. The highest BCUT2D eigenvalue weighted by Crippen LogP contribution is 2.35. The van der Waals surface area contributed by atoms with Crippen LogP contribution >= 0.6 is 0 Å². The maximum absolute atomic E-state index is 13.0. The standard InChI is InChI=1S/C20H19N3O7/c24-18(16-6-2-3-7-17(16)23(28)29)30-20(12-4-1-5-13-20)19(25)21-14-8-10-15(11-9-14)22(26)27/h2-3,6-11H,1,4-5,12-13H2,(H,21,25). The van der Waals surface area contributed by atoms with E-state index < -0.39 is 33.0 Å². The number of nitrogens with one attached hydrogen (secondary N) is 1. The van der Waals surface area contributed by atoms with Crippen LogP contribution in [0.5, 0.6) is 0 Å². The SMILES string of the molecule is O=C(OC1(C(=O)Nc2ccc([N+](=O)[O-])cc2)CCCCC1)c1ccccc1[N+](=O)[O-]. The summed E-state index contributed by atoms with van der Waals surface area (Å²) >= 11 is 0. The van der Waals surface area contributed by atoms with Crippen molar-refractivity contribution in [3.63, 3.8) is 0 Å². The summed E-state index contributed by atoms with van der Waals surface area (Å²) in [7, 11) is 0. The van der Waals surface area contributed by atoms with Crippen molar-refractivity contribution < 1.29 is 24.2 Å². The first-order valence-electron chi connectivity index (χ1n) is 9.35. The van der Waals surface area contributed by atoms with Crippen LogP contribution in [0.25, 0.3) is 0 Å². The number of carbonyl (C=O) groups excluding carboxylic acids is 2. The van der Waals surface area contributed by atoms with Crippen molar-refractivity contribution in [3.8, 4) is 0 Å². The molecule has 2 aromatic carbocycles. The van der Waals surface area contributed by atoms with Gasteiger partial charge in [-0.15, -0.1) is 0 Å². The lowest BCUT2D eigenvalue weighted by Gasteiger charge is -2.35. The molecule has 10 heteroatoms. The molecular formula is C20H19N3O7. The summed E-state index contributed by atoms with van der Waals surface area (Å²) in [6.45, 7) is 0. The van der Waals surface area contributed by atoms with Gasteiger partial charge in [0.15, 0.2) is 5.60 Å². The fourth-order valence-corrected chi connectivity index (χ4v) is 3.45. The third-order valence-corrected chi connectivity index (χ3v) is 5.02. The van der Waals surface area contributed by atoms with Gasteiger partial charge < -0.3 is 10.1 Å². The summed E-state index contributed by atoms with van der Waals surface area (Å²) in [6, 6.07) is 10.7. The zero-order chi connectivity index (χ0) is 21.7. The third kappa shape index (κ3) is 4.43. The van der Waals surface area contributed by atoms with Crippen molar-refractivity contribution in [1.82, 2.24) is 0 Å². The van der Waals surface area contributed by atoms with Gasteiger partial charge in [0, 0.05) is 23.9 Å². The average Bonchev–Trinajstić information content (AvgIpc) is 2.74. The minimum atomic E-state index is -1.47. The molecule has 0 unspecified atom stereocenters. The third-order valence-electron chi connectivity index (χ3n) is 5.02. The maximum Gasteiger partial charge on any atom is 0.346 e. The summed E-state index contributed by atoms with van der Waals surface area (Å²) in [5.41, 5.74) is -1.90. The Labute approximate surface area is 171 Å². The van der Waals surface area contributed by atoms with E-state index in [4.69, 9.17) is 4.74 Å². The molecule has 0 bridgehead atoms. The second kappa shape index (κ2) is 8.68. The molecule has 0 spiro atoms. The predicted molar refractivity (Wildman–Crippen MR) is 106 cm³/mol. The molecule has 10 nitrogen and oxygen atoms in total. The number of esters is 1. The Kier molecular flexibility index (Phi) is 6.05. The fraction of sp³-hybridized carbons (Fsp3) is 0.300. The molecule has 1 aliphatic carbocycles. The summed E-state index contributed by atoms with van der Waals surface area (Å²) < 4.78 is 5.59.